The number of rotatable bonds is 8. The van der Waals surface area contributed by atoms with E-state index in [1.807, 2.05) is 6.92 Å². The van der Waals surface area contributed by atoms with E-state index < -0.39 is 10.0 Å². The van der Waals surface area contributed by atoms with Crippen LogP contribution < -0.4 is 10.1 Å². The minimum absolute atomic E-state index is 0.113. The fourth-order valence-corrected chi connectivity index (χ4v) is 5.16. The van der Waals surface area contributed by atoms with Gasteiger partial charge in [-0.1, -0.05) is 31.4 Å². The van der Waals surface area contributed by atoms with Gasteiger partial charge in [0, 0.05) is 12.6 Å². The number of nitrogens with zero attached hydrogens (tertiary/aromatic N) is 1. The first-order chi connectivity index (χ1) is 12.4. The number of hydrogen-bond donors (Lipinski definition) is 1. The van der Waals surface area contributed by atoms with Gasteiger partial charge in [-0.3, -0.25) is 4.79 Å². The monoisotopic (exact) mass is 380 g/mol. The molecular formula is C19H28N2O4S. The molecule has 7 heteroatoms. The number of methoxy groups -OCH3 is 1. The first-order valence-electron chi connectivity index (χ1n) is 8.94. The molecule has 1 amide bonds. The number of nitrogens with one attached hydrogen (secondary N) is 1. The molecule has 0 atom stereocenters. The lowest BCUT2D eigenvalue weighted by molar-refractivity contribution is -0.121. The second-order valence-corrected chi connectivity index (χ2v) is 8.45. The van der Waals surface area contributed by atoms with Crippen LogP contribution in [0, 0.1) is 6.92 Å². The molecule has 1 fully saturated rings. The topological polar surface area (TPSA) is 75.7 Å². The normalized spacial score (nSPS) is 15.7. The molecule has 0 heterocycles. The Labute approximate surface area is 156 Å². The SMILES string of the molecule is C=CCNC(=O)CN(C1CCCCC1)S(=O)(=O)c1cc(C)ccc1OC. The van der Waals surface area contributed by atoms with Gasteiger partial charge in [0.2, 0.25) is 15.9 Å². The van der Waals surface area contributed by atoms with E-state index in [0.717, 1.165) is 37.7 Å². The zero-order chi connectivity index (χ0) is 19.2. The summed E-state index contributed by atoms with van der Waals surface area (Å²) in [6, 6.07) is 4.89. The van der Waals surface area contributed by atoms with E-state index in [0.29, 0.717) is 12.3 Å². The Morgan fingerprint density at radius 1 is 1.35 bits per heavy atom. The van der Waals surface area contributed by atoms with Crippen molar-refractivity contribution in [3.8, 4) is 5.75 Å². The molecule has 0 spiro atoms. The van der Waals surface area contributed by atoms with Crippen molar-refractivity contribution in [2.24, 2.45) is 0 Å². The second kappa shape index (κ2) is 9.19. The van der Waals surface area contributed by atoms with E-state index in [2.05, 4.69) is 11.9 Å². The van der Waals surface area contributed by atoms with Crippen LogP contribution in [0.2, 0.25) is 0 Å². The number of carbonyl (C=O) groups excluding carboxylic acids is 1. The highest BCUT2D eigenvalue weighted by atomic mass is 32.2. The molecule has 2 rings (SSSR count). The highest BCUT2D eigenvalue weighted by Gasteiger charge is 2.35. The number of sulfonamides is 1. The molecule has 0 aromatic heterocycles. The van der Waals surface area contributed by atoms with Gasteiger partial charge < -0.3 is 10.1 Å². The third kappa shape index (κ3) is 4.86. The van der Waals surface area contributed by atoms with Crippen LogP contribution in [0.1, 0.15) is 37.7 Å². The number of benzene rings is 1. The van der Waals surface area contributed by atoms with Crippen molar-refractivity contribution in [2.45, 2.75) is 50.0 Å². The fourth-order valence-electron chi connectivity index (χ4n) is 3.27. The summed E-state index contributed by atoms with van der Waals surface area (Å²) in [5, 5.41) is 2.67. The molecule has 0 radical (unpaired) electrons. The first kappa shape index (κ1) is 20.5. The van der Waals surface area contributed by atoms with Gasteiger partial charge in [0.15, 0.2) is 0 Å². The number of ether oxygens (including phenoxy) is 1. The average molecular weight is 381 g/mol. The lowest BCUT2D eigenvalue weighted by Crippen LogP contribution is -2.47. The van der Waals surface area contributed by atoms with Gasteiger partial charge in [0.25, 0.3) is 0 Å². The van der Waals surface area contributed by atoms with Crippen LogP contribution in [-0.2, 0) is 14.8 Å². The highest BCUT2D eigenvalue weighted by Crippen LogP contribution is 2.32. The van der Waals surface area contributed by atoms with Crippen LogP contribution in [0.5, 0.6) is 5.75 Å². The molecule has 1 N–H and O–H groups in total. The van der Waals surface area contributed by atoms with Crippen molar-refractivity contribution in [1.82, 2.24) is 9.62 Å². The minimum Gasteiger partial charge on any atom is -0.495 e. The van der Waals surface area contributed by atoms with Crippen molar-refractivity contribution < 1.29 is 17.9 Å². The molecule has 1 aromatic rings. The third-order valence-corrected chi connectivity index (χ3v) is 6.55. The second-order valence-electron chi connectivity index (χ2n) is 6.59. The van der Waals surface area contributed by atoms with Gasteiger partial charge in [-0.05, 0) is 37.5 Å². The summed E-state index contributed by atoms with van der Waals surface area (Å²) in [4.78, 5) is 12.4. The van der Waals surface area contributed by atoms with Crippen LogP contribution in [0.15, 0.2) is 35.7 Å². The first-order valence-corrected chi connectivity index (χ1v) is 10.4. The maximum absolute atomic E-state index is 13.4. The molecular weight excluding hydrogens is 352 g/mol. The Balaban J connectivity index is 2.40. The number of hydrogen-bond acceptors (Lipinski definition) is 4. The molecule has 1 aromatic carbocycles. The van der Waals surface area contributed by atoms with Gasteiger partial charge in [-0.25, -0.2) is 8.42 Å². The summed E-state index contributed by atoms with van der Waals surface area (Å²) < 4.78 is 33.5. The summed E-state index contributed by atoms with van der Waals surface area (Å²) in [5.41, 5.74) is 0.823. The van der Waals surface area contributed by atoms with E-state index in [4.69, 9.17) is 4.74 Å². The van der Waals surface area contributed by atoms with E-state index >= 15 is 0 Å². The minimum atomic E-state index is -3.86. The van der Waals surface area contributed by atoms with Gasteiger partial charge in [0.1, 0.15) is 10.6 Å². The molecule has 6 nitrogen and oxygen atoms in total. The maximum Gasteiger partial charge on any atom is 0.247 e. The van der Waals surface area contributed by atoms with E-state index in [-0.39, 0.29) is 23.4 Å². The van der Waals surface area contributed by atoms with Gasteiger partial charge >= 0.3 is 0 Å². The van der Waals surface area contributed by atoms with Crippen LogP contribution in [0.4, 0.5) is 0 Å². The van der Waals surface area contributed by atoms with Crippen LogP contribution >= 0.6 is 0 Å². The summed E-state index contributed by atoms with van der Waals surface area (Å²) in [5.74, 6) is -0.0337. The predicted molar refractivity (Wildman–Crippen MR) is 102 cm³/mol. The van der Waals surface area contributed by atoms with Gasteiger partial charge in [-0.15, -0.1) is 6.58 Å². The number of amides is 1. The molecule has 0 bridgehead atoms. The summed E-state index contributed by atoms with van der Waals surface area (Å²) >= 11 is 0. The van der Waals surface area contributed by atoms with Crippen molar-refractivity contribution in [3.63, 3.8) is 0 Å². The van der Waals surface area contributed by atoms with E-state index in [1.165, 1.54) is 11.4 Å². The molecule has 144 valence electrons. The van der Waals surface area contributed by atoms with E-state index in [9.17, 15) is 13.2 Å². The van der Waals surface area contributed by atoms with Crippen molar-refractivity contribution in [2.75, 3.05) is 20.2 Å². The Morgan fingerprint density at radius 2 is 2.04 bits per heavy atom. The molecule has 0 aliphatic heterocycles. The Morgan fingerprint density at radius 3 is 2.65 bits per heavy atom. The standard InChI is InChI=1S/C19H28N2O4S/c1-4-12-20-19(22)14-21(16-8-6-5-7-9-16)26(23,24)18-13-15(2)10-11-17(18)25-3/h4,10-11,13,16H,1,5-9,12,14H2,2-3H3,(H,20,22). The molecule has 1 saturated carbocycles. The van der Waals surface area contributed by atoms with Crippen molar-refractivity contribution in [1.29, 1.82) is 0 Å². The highest BCUT2D eigenvalue weighted by molar-refractivity contribution is 7.89. The lowest BCUT2D eigenvalue weighted by Gasteiger charge is -2.33. The van der Waals surface area contributed by atoms with Crippen molar-refractivity contribution in [3.05, 3.63) is 36.4 Å². The third-order valence-electron chi connectivity index (χ3n) is 4.63. The molecule has 0 unspecified atom stereocenters. The number of aryl methyl sites for hydroxylation is 1. The van der Waals surface area contributed by atoms with Crippen molar-refractivity contribution >= 4 is 15.9 Å². The maximum atomic E-state index is 13.4. The summed E-state index contributed by atoms with van der Waals surface area (Å²) in [6.07, 6.45) is 6.14. The molecule has 1 aliphatic rings. The fraction of sp³-hybridized carbons (Fsp3) is 0.526. The molecule has 1 aliphatic carbocycles. The summed E-state index contributed by atoms with van der Waals surface area (Å²) in [6.45, 7) is 5.51. The average Bonchev–Trinajstić information content (AvgIpc) is 2.65. The van der Waals surface area contributed by atoms with Crippen LogP contribution in [-0.4, -0.2) is 44.9 Å². The zero-order valence-corrected chi connectivity index (χ0v) is 16.3. The lowest BCUT2D eigenvalue weighted by atomic mass is 9.95. The quantitative estimate of drug-likeness (QED) is 0.704. The predicted octanol–water partition coefficient (Wildman–Crippen LogP) is 2.63. The van der Waals surface area contributed by atoms with Crippen LogP contribution in [0.3, 0.4) is 0 Å². The van der Waals surface area contributed by atoms with Crippen LogP contribution in [0.25, 0.3) is 0 Å². The van der Waals surface area contributed by atoms with Gasteiger partial charge in [0.05, 0.1) is 13.7 Å². The zero-order valence-electron chi connectivity index (χ0n) is 15.5. The largest absolute Gasteiger partial charge is 0.495 e. The molecule has 26 heavy (non-hydrogen) atoms. The Hall–Kier alpha value is -1.86. The Kier molecular flexibility index (Phi) is 7.23. The summed E-state index contributed by atoms with van der Waals surface area (Å²) in [7, 11) is -2.41. The smallest absolute Gasteiger partial charge is 0.247 e. The van der Waals surface area contributed by atoms with E-state index in [1.54, 1.807) is 24.3 Å². The molecule has 0 saturated heterocycles. The van der Waals surface area contributed by atoms with Gasteiger partial charge in [-0.2, -0.15) is 4.31 Å². The number of carbonyl (C=O) groups is 1. The Bertz CT molecular complexity index is 740.